The summed E-state index contributed by atoms with van der Waals surface area (Å²) in [4.78, 5) is 11.6. The Kier molecular flexibility index (Phi) is 6.12. The quantitative estimate of drug-likeness (QED) is 0.727. The lowest BCUT2D eigenvalue weighted by Crippen LogP contribution is -2.49. The average molecular weight is 264 g/mol. The third kappa shape index (κ3) is 6.63. The van der Waals surface area contributed by atoms with Crippen molar-refractivity contribution in [2.24, 2.45) is 0 Å². The summed E-state index contributed by atoms with van der Waals surface area (Å²) in [5.41, 5.74) is -0.588. The maximum atomic E-state index is 11.6. The van der Waals surface area contributed by atoms with Crippen LogP contribution in [0.2, 0.25) is 0 Å². The topological polar surface area (TPSA) is 66.5 Å². The van der Waals surface area contributed by atoms with Crippen LogP contribution in [-0.4, -0.2) is 43.5 Å². The molecule has 0 aromatic rings. The molecule has 0 aromatic carbocycles. The molecule has 1 N–H and O–H groups in total. The fourth-order valence-corrected chi connectivity index (χ4v) is 2.79. The second kappa shape index (κ2) is 6.35. The van der Waals surface area contributed by atoms with Gasteiger partial charge in [-0.25, -0.2) is 8.42 Å². The highest BCUT2D eigenvalue weighted by molar-refractivity contribution is 7.88. The van der Waals surface area contributed by atoms with Crippen LogP contribution in [0, 0.1) is 0 Å². The molecule has 0 bridgehead atoms. The van der Waals surface area contributed by atoms with Gasteiger partial charge in [-0.15, -0.1) is 0 Å². The number of amides is 1. The Morgan fingerprint density at radius 2 is 1.82 bits per heavy atom. The minimum atomic E-state index is -3.38. The van der Waals surface area contributed by atoms with E-state index in [1.165, 1.54) is 4.31 Å². The highest BCUT2D eigenvalue weighted by Gasteiger charge is 2.31. The molecule has 0 aliphatic rings. The summed E-state index contributed by atoms with van der Waals surface area (Å²) in [6.45, 7) is 7.82. The van der Waals surface area contributed by atoms with Gasteiger partial charge in [0, 0.05) is 12.1 Å². The van der Waals surface area contributed by atoms with E-state index in [1.54, 1.807) is 20.8 Å². The van der Waals surface area contributed by atoms with Crippen molar-refractivity contribution < 1.29 is 13.2 Å². The Balaban J connectivity index is 4.53. The summed E-state index contributed by atoms with van der Waals surface area (Å²) >= 11 is 0. The molecule has 17 heavy (non-hydrogen) atoms. The third-order valence-corrected chi connectivity index (χ3v) is 3.77. The molecule has 6 heteroatoms. The van der Waals surface area contributed by atoms with Gasteiger partial charge in [0.25, 0.3) is 0 Å². The minimum absolute atomic E-state index is 0.119. The first kappa shape index (κ1) is 16.4. The van der Waals surface area contributed by atoms with Crippen LogP contribution in [-0.2, 0) is 14.8 Å². The summed E-state index contributed by atoms with van der Waals surface area (Å²) in [6, 6.07) is 0. The van der Waals surface area contributed by atoms with Crippen molar-refractivity contribution in [2.45, 2.75) is 46.1 Å². The van der Waals surface area contributed by atoms with Gasteiger partial charge in [-0.1, -0.05) is 13.3 Å². The molecule has 0 aromatic heterocycles. The Labute approximate surface area is 105 Å². The molecule has 0 atom stereocenters. The molecule has 0 fully saturated rings. The maximum absolute atomic E-state index is 11.6. The highest BCUT2D eigenvalue weighted by atomic mass is 32.2. The Hall–Kier alpha value is -0.620. The average Bonchev–Trinajstić information content (AvgIpc) is 2.11. The van der Waals surface area contributed by atoms with Crippen LogP contribution in [0.3, 0.4) is 0 Å². The summed E-state index contributed by atoms with van der Waals surface area (Å²) in [5.74, 6) is -0.251. The molecule has 0 saturated heterocycles. The molecule has 0 heterocycles. The summed E-state index contributed by atoms with van der Waals surface area (Å²) in [6.07, 6.45) is 3.02. The molecule has 0 rings (SSSR count). The van der Waals surface area contributed by atoms with Gasteiger partial charge in [0.2, 0.25) is 15.9 Å². The SMILES string of the molecule is CCCCNC(=O)CN(C(C)(C)C)S(C)(=O)=O. The zero-order valence-corrected chi connectivity index (χ0v) is 12.2. The first-order chi connectivity index (χ1) is 7.59. The lowest BCUT2D eigenvalue weighted by molar-refractivity contribution is -0.122. The fraction of sp³-hybridized carbons (Fsp3) is 0.909. The number of hydrogen-bond acceptors (Lipinski definition) is 3. The summed E-state index contributed by atoms with van der Waals surface area (Å²) in [7, 11) is -3.38. The molecule has 1 amide bonds. The van der Waals surface area contributed by atoms with Crippen molar-refractivity contribution in [1.82, 2.24) is 9.62 Å². The van der Waals surface area contributed by atoms with E-state index < -0.39 is 15.6 Å². The van der Waals surface area contributed by atoms with Gasteiger partial charge in [0.1, 0.15) is 0 Å². The number of nitrogens with one attached hydrogen (secondary N) is 1. The summed E-state index contributed by atoms with van der Waals surface area (Å²) in [5, 5.41) is 2.71. The third-order valence-electron chi connectivity index (χ3n) is 2.29. The molecule has 5 nitrogen and oxygen atoms in total. The molecular weight excluding hydrogens is 240 g/mol. The van der Waals surface area contributed by atoms with Crippen LogP contribution in [0.25, 0.3) is 0 Å². The molecule has 0 unspecified atom stereocenters. The number of rotatable bonds is 6. The number of hydrogen-bond donors (Lipinski definition) is 1. The largest absolute Gasteiger partial charge is 0.355 e. The Morgan fingerprint density at radius 3 is 2.18 bits per heavy atom. The van der Waals surface area contributed by atoms with Gasteiger partial charge in [-0.2, -0.15) is 4.31 Å². The van der Waals surface area contributed by atoms with Crippen LogP contribution < -0.4 is 5.32 Å². The van der Waals surface area contributed by atoms with Crippen LogP contribution in [0.15, 0.2) is 0 Å². The van der Waals surface area contributed by atoms with Crippen molar-refractivity contribution in [3.05, 3.63) is 0 Å². The molecule has 102 valence electrons. The lowest BCUT2D eigenvalue weighted by Gasteiger charge is -2.32. The predicted molar refractivity (Wildman–Crippen MR) is 69.2 cm³/mol. The standard InChI is InChI=1S/C11H24N2O3S/c1-6-7-8-12-10(14)9-13(11(2,3)4)17(5,15)16/h6-9H2,1-5H3,(H,12,14). The second-order valence-electron chi connectivity index (χ2n) is 5.14. The van der Waals surface area contributed by atoms with Gasteiger partial charge >= 0.3 is 0 Å². The van der Waals surface area contributed by atoms with E-state index >= 15 is 0 Å². The number of unbranched alkanes of at least 4 members (excludes halogenated alkanes) is 1. The number of carbonyl (C=O) groups is 1. The first-order valence-electron chi connectivity index (χ1n) is 5.83. The lowest BCUT2D eigenvalue weighted by atomic mass is 10.1. The van der Waals surface area contributed by atoms with Crippen molar-refractivity contribution in [3.8, 4) is 0 Å². The normalized spacial score (nSPS) is 12.8. The van der Waals surface area contributed by atoms with E-state index in [0.29, 0.717) is 6.54 Å². The van der Waals surface area contributed by atoms with Gasteiger partial charge < -0.3 is 5.32 Å². The van der Waals surface area contributed by atoms with Gasteiger partial charge in [0.05, 0.1) is 12.8 Å². The van der Waals surface area contributed by atoms with E-state index in [4.69, 9.17) is 0 Å². The molecule has 0 aliphatic heterocycles. The zero-order valence-electron chi connectivity index (χ0n) is 11.4. The smallest absolute Gasteiger partial charge is 0.235 e. The van der Waals surface area contributed by atoms with Crippen molar-refractivity contribution in [3.63, 3.8) is 0 Å². The molecule has 0 aliphatic carbocycles. The van der Waals surface area contributed by atoms with E-state index in [1.807, 2.05) is 6.92 Å². The van der Waals surface area contributed by atoms with Crippen LogP contribution in [0.1, 0.15) is 40.5 Å². The van der Waals surface area contributed by atoms with Crippen LogP contribution >= 0.6 is 0 Å². The minimum Gasteiger partial charge on any atom is -0.355 e. The molecule has 0 saturated carbocycles. The van der Waals surface area contributed by atoms with Crippen LogP contribution in [0.5, 0.6) is 0 Å². The maximum Gasteiger partial charge on any atom is 0.235 e. The Bertz CT molecular complexity index is 344. The highest BCUT2D eigenvalue weighted by Crippen LogP contribution is 2.16. The van der Waals surface area contributed by atoms with Gasteiger partial charge in [0.15, 0.2) is 0 Å². The number of nitrogens with zero attached hydrogens (tertiary/aromatic N) is 1. The second-order valence-corrected chi connectivity index (χ2v) is 7.05. The fourth-order valence-electron chi connectivity index (χ4n) is 1.44. The molecule has 0 radical (unpaired) electrons. The van der Waals surface area contributed by atoms with Crippen molar-refractivity contribution in [1.29, 1.82) is 0 Å². The number of sulfonamides is 1. The summed E-state index contributed by atoms with van der Waals surface area (Å²) < 4.78 is 24.4. The monoisotopic (exact) mass is 264 g/mol. The number of carbonyl (C=O) groups excluding carboxylic acids is 1. The molecule has 0 spiro atoms. The van der Waals surface area contributed by atoms with E-state index in [9.17, 15) is 13.2 Å². The van der Waals surface area contributed by atoms with Crippen LogP contribution in [0.4, 0.5) is 0 Å². The Morgan fingerprint density at radius 1 is 1.29 bits per heavy atom. The van der Waals surface area contributed by atoms with Gasteiger partial charge in [-0.05, 0) is 27.2 Å². The van der Waals surface area contributed by atoms with E-state index in [0.717, 1.165) is 19.1 Å². The predicted octanol–water partition coefficient (Wildman–Crippen LogP) is 0.963. The van der Waals surface area contributed by atoms with Crippen molar-refractivity contribution >= 4 is 15.9 Å². The van der Waals surface area contributed by atoms with Gasteiger partial charge in [-0.3, -0.25) is 4.79 Å². The van der Waals surface area contributed by atoms with E-state index in [2.05, 4.69) is 5.32 Å². The van der Waals surface area contributed by atoms with E-state index in [-0.39, 0.29) is 12.5 Å². The van der Waals surface area contributed by atoms with Crippen molar-refractivity contribution in [2.75, 3.05) is 19.3 Å². The first-order valence-corrected chi connectivity index (χ1v) is 7.68. The zero-order chi connectivity index (χ0) is 13.7. The molecular formula is C11H24N2O3S.